The highest BCUT2D eigenvalue weighted by molar-refractivity contribution is 5.75. The summed E-state index contributed by atoms with van der Waals surface area (Å²) < 4.78 is 5.28. The van der Waals surface area contributed by atoms with Crippen LogP contribution >= 0.6 is 0 Å². The van der Waals surface area contributed by atoms with E-state index in [-0.39, 0.29) is 12.6 Å². The SMILES string of the molecule is CN(CC1(O)CCCC1)C(=O)N1CC(C)(OCC(=O)O)C1. The van der Waals surface area contributed by atoms with E-state index in [1.165, 1.54) is 0 Å². The van der Waals surface area contributed by atoms with Crippen molar-refractivity contribution in [3.8, 4) is 0 Å². The van der Waals surface area contributed by atoms with Crippen LogP contribution < -0.4 is 0 Å². The Hall–Kier alpha value is -1.34. The summed E-state index contributed by atoms with van der Waals surface area (Å²) in [5.41, 5.74) is -1.34. The fraction of sp³-hybridized carbons (Fsp3) is 0.857. The van der Waals surface area contributed by atoms with Crippen LogP contribution in [-0.4, -0.2) is 76.5 Å². The smallest absolute Gasteiger partial charge is 0.329 e. The lowest BCUT2D eigenvalue weighted by Gasteiger charge is -2.48. The molecule has 2 amide bonds. The molecule has 0 aromatic carbocycles. The second kappa shape index (κ2) is 5.81. The van der Waals surface area contributed by atoms with E-state index in [4.69, 9.17) is 9.84 Å². The normalized spacial score (nSPS) is 22.7. The van der Waals surface area contributed by atoms with Crippen LogP contribution in [-0.2, 0) is 9.53 Å². The quantitative estimate of drug-likeness (QED) is 0.772. The highest BCUT2D eigenvalue weighted by atomic mass is 16.5. The Morgan fingerprint density at radius 2 is 1.86 bits per heavy atom. The summed E-state index contributed by atoms with van der Waals surface area (Å²) in [6.07, 6.45) is 3.49. The summed E-state index contributed by atoms with van der Waals surface area (Å²) in [5.74, 6) is -1.01. The zero-order valence-corrected chi connectivity index (χ0v) is 12.7. The highest BCUT2D eigenvalue weighted by Crippen LogP contribution is 2.31. The van der Waals surface area contributed by atoms with Gasteiger partial charge in [-0.1, -0.05) is 12.8 Å². The summed E-state index contributed by atoms with van der Waals surface area (Å²) in [5, 5.41) is 18.9. The summed E-state index contributed by atoms with van der Waals surface area (Å²) in [6.45, 7) is 2.54. The number of aliphatic hydroxyl groups is 1. The number of likely N-dealkylation sites (N-methyl/N-ethyl adjacent to an activating group) is 1. The first-order valence-electron chi connectivity index (χ1n) is 7.31. The van der Waals surface area contributed by atoms with Crippen LogP contribution in [0.15, 0.2) is 0 Å². The number of hydrogen-bond donors (Lipinski definition) is 2. The van der Waals surface area contributed by atoms with Crippen LogP contribution in [0.25, 0.3) is 0 Å². The number of rotatable bonds is 5. The fourth-order valence-corrected chi connectivity index (χ4v) is 3.17. The Balaban J connectivity index is 1.78. The van der Waals surface area contributed by atoms with Gasteiger partial charge in [0, 0.05) is 7.05 Å². The average Bonchev–Trinajstić information content (AvgIpc) is 2.78. The van der Waals surface area contributed by atoms with Gasteiger partial charge in [0.05, 0.1) is 25.2 Å². The molecule has 21 heavy (non-hydrogen) atoms. The van der Waals surface area contributed by atoms with Gasteiger partial charge in [0.25, 0.3) is 0 Å². The molecule has 2 aliphatic rings. The Labute approximate surface area is 124 Å². The molecular weight excluding hydrogens is 276 g/mol. The Morgan fingerprint density at radius 3 is 2.38 bits per heavy atom. The largest absolute Gasteiger partial charge is 0.480 e. The number of urea groups is 1. The average molecular weight is 300 g/mol. The molecule has 0 aromatic rings. The van der Waals surface area contributed by atoms with Crippen molar-refractivity contribution >= 4 is 12.0 Å². The predicted octanol–water partition coefficient (Wildman–Crippen LogP) is 0.519. The van der Waals surface area contributed by atoms with E-state index in [1.807, 2.05) is 0 Å². The molecule has 0 spiro atoms. The predicted molar refractivity (Wildman–Crippen MR) is 75.0 cm³/mol. The van der Waals surface area contributed by atoms with Gasteiger partial charge in [0.15, 0.2) is 0 Å². The van der Waals surface area contributed by atoms with Crippen LogP contribution in [0.2, 0.25) is 0 Å². The second-order valence-corrected chi connectivity index (χ2v) is 6.56. The fourth-order valence-electron chi connectivity index (χ4n) is 3.17. The minimum absolute atomic E-state index is 0.147. The second-order valence-electron chi connectivity index (χ2n) is 6.56. The van der Waals surface area contributed by atoms with Crippen molar-refractivity contribution in [2.75, 3.05) is 33.3 Å². The monoisotopic (exact) mass is 300 g/mol. The Kier molecular flexibility index (Phi) is 4.43. The number of carboxylic acids is 1. The molecule has 7 nitrogen and oxygen atoms in total. The first kappa shape index (κ1) is 16.0. The lowest BCUT2D eigenvalue weighted by molar-refractivity contribution is -0.160. The molecule has 2 N–H and O–H groups in total. The molecule has 1 heterocycles. The van der Waals surface area contributed by atoms with Crippen molar-refractivity contribution in [1.82, 2.24) is 9.80 Å². The van der Waals surface area contributed by atoms with E-state index in [0.29, 0.717) is 19.6 Å². The number of ether oxygens (including phenoxy) is 1. The molecule has 0 radical (unpaired) electrons. The van der Waals surface area contributed by atoms with E-state index < -0.39 is 17.2 Å². The molecule has 0 bridgehead atoms. The van der Waals surface area contributed by atoms with Gasteiger partial charge in [-0.15, -0.1) is 0 Å². The molecule has 7 heteroatoms. The standard InChI is InChI=1S/C14H24N2O5/c1-13(21-7-11(17)18)8-16(9-13)12(19)15(2)10-14(20)5-3-4-6-14/h20H,3-10H2,1-2H3,(H,17,18). The van der Waals surface area contributed by atoms with Crippen molar-refractivity contribution in [2.45, 2.75) is 43.8 Å². The maximum absolute atomic E-state index is 12.3. The van der Waals surface area contributed by atoms with Gasteiger partial charge in [0.2, 0.25) is 0 Å². The summed E-state index contributed by atoms with van der Waals surface area (Å²) >= 11 is 0. The van der Waals surface area contributed by atoms with E-state index >= 15 is 0 Å². The van der Waals surface area contributed by atoms with Crippen molar-refractivity contribution < 1.29 is 24.5 Å². The van der Waals surface area contributed by atoms with Crippen LogP contribution in [0, 0.1) is 0 Å². The Bertz CT molecular complexity index is 414. The first-order valence-corrected chi connectivity index (χ1v) is 7.31. The lowest BCUT2D eigenvalue weighted by atomic mass is 9.96. The number of carbonyl (C=O) groups excluding carboxylic acids is 1. The third kappa shape index (κ3) is 3.85. The van der Waals surface area contributed by atoms with Crippen molar-refractivity contribution in [1.29, 1.82) is 0 Å². The van der Waals surface area contributed by atoms with E-state index in [2.05, 4.69) is 0 Å². The first-order chi connectivity index (χ1) is 9.73. The van der Waals surface area contributed by atoms with Gasteiger partial charge >= 0.3 is 12.0 Å². The molecule has 0 atom stereocenters. The molecule has 2 fully saturated rings. The molecule has 2 rings (SSSR count). The number of nitrogens with zero attached hydrogens (tertiary/aromatic N) is 2. The van der Waals surface area contributed by atoms with E-state index in [1.54, 1.807) is 23.8 Å². The Morgan fingerprint density at radius 1 is 1.29 bits per heavy atom. The van der Waals surface area contributed by atoms with Gasteiger partial charge in [-0.05, 0) is 19.8 Å². The molecule has 120 valence electrons. The molecular formula is C14H24N2O5. The lowest BCUT2D eigenvalue weighted by Crippen LogP contribution is -2.65. The molecule has 1 aliphatic carbocycles. The van der Waals surface area contributed by atoms with Gasteiger partial charge < -0.3 is 24.7 Å². The van der Waals surface area contributed by atoms with Gasteiger partial charge in [0.1, 0.15) is 12.2 Å². The number of likely N-dealkylation sites (tertiary alicyclic amines) is 1. The third-order valence-electron chi connectivity index (χ3n) is 4.26. The third-order valence-corrected chi connectivity index (χ3v) is 4.26. The van der Waals surface area contributed by atoms with E-state index in [9.17, 15) is 14.7 Å². The van der Waals surface area contributed by atoms with Crippen LogP contribution in [0.1, 0.15) is 32.6 Å². The van der Waals surface area contributed by atoms with Crippen molar-refractivity contribution in [3.63, 3.8) is 0 Å². The van der Waals surface area contributed by atoms with Crippen molar-refractivity contribution in [3.05, 3.63) is 0 Å². The summed E-state index contributed by atoms with van der Waals surface area (Å²) in [4.78, 5) is 25.9. The van der Waals surface area contributed by atoms with Crippen LogP contribution in [0.4, 0.5) is 4.79 Å². The molecule has 0 aromatic heterocycles. The maximum atomic E-state index is 12.3. The van der Waals surface area contributed by atoms with Gasteiger partial charge in [-0.3, -0.25) is 0 Å². The minimum Gasteiger partial charge on any atom is -0.480 e. The number of hydrogen-bond acceptors (Lipinski definition) is 4. The van der Waals surface area contributed by atoms with Crippen LogP contribution in [0.5, 0.6) is 0 Å². The zero-order chi connectivity index (χ0) is 15.7. The number of amides is 2. The zero-order valence-electron chi connectivity index (χ0n) is 12.7. The van der Waals surface area contributed by atoms with E-state index in [0.717, 1.165) is 25.7 Å². The summed E-state index contributed by atoms with van der Waals surface area (Å²) in [6, 6.07) is -0.147. The number of aliphatic carboxylic acids is 1. The number of carboxylic acid groups (broad SMARTS) is 1. The summed E-state index contributed by atoms with van der Waals surface area (Å²) in [7, 11) is 1.69. The molecule has 1 saturated heterocycles. The van der Waals surface area contributed by atoms with Gasteiger partial charge in [-0.2, -0.15) is 0 Å². The minimum atomic E-state index is -1.01. The molecule has 1 aliphatic heterocycles. The van der Waals surface area contributed by atoms with Crippen molar-refractivity contribution in [2.24, 2.45) is 0 Å². The number of carbonyl (C=O) groups is 2. The highest BCUT2D eigenvalue weighted by Gasteiger charge is 2.44. The van der Waals surface area contributed by atoms with Crippen LogP contribution in [0.3, 0.4) is 0 Å². The topological polar surface area (TPSA) is 90.3 Å². The molecule has 1 saturated carbocycles. The maximum Gasteiger partial charge on any atom is 0.329 e. The van der Waals surface area contributed by atoms with Gasteiger partial charge in [-0.25, -0.2) is 9.59 Å². The molecule has 0 unspecified atom stereocenters.